The van der Waals surface area contributed by atoms with Gasteiger partial charge in [0, 0.05) is 0 Å². The molecule has 0 spiro atoms. The first kappa shape index (κ1) is 6.92. The van der Waals surface area contributed by atoms with Gasteiger partial charge in [0.2, 0.25) is 0 Å². The smallest absolute Gasteiger partial charge is 0.358 e. The summed E-state index contributed by atoms with van der Waals surface area (Å²) in [6, 6.07) is 0. The summed E-state index contributed by atoms with van der Waals surface area (Å²) in [6.45, 7) is 2.33. The molecule has 0 aliphatic carbocycles. The number of rotatable bonds is 1. The van der Waals surface area contributed by atoms with E-state index in [-0.39, 0.29) is 0 Å². The number of azo groups is 1. The fourth-order valence-corrected chi connectivity index (χ4v) is 0.684. The van der Waals surface area contributed by atoms with Crippen LogP contribution >= 0.6 is 0 Å². The molecule has 0 fully saturated rings. The Morgan fingerprint density at radius 2 is 2.40 bits per heavy atom. The standard InChI is InChI=1S/C6H8N2O2/c1-4-3-7-8-5(4)6(9)10-2/h3H2,1-2H3. The number of hydrogen-bond donors (Lipinski definition) is 0. The maximum absolute atomic E-state index is 10.8. The number of hydrogen-bond acceptors (Lipinski definition) is 4. The number of ether oxygens (including phenoxy) is 1. The Hall–Kier alpha value is -1.19. The van der Waals surface area contributed by atoms with Gasteiger partial charge in [-0.1, -0.05) is 0 Å². The first-order valence-corrected chi connectivity index (χ1v) is 2.91. The van der Waals surface area contributed by atoms with Gasteiger partial charge in [-0.2, -0.15) is 5.11 Å². The molecule has 1 aliphatic rings. The number of carbonyl (C=O) groups is 1. The second-order valence-corrected chi connectivity index (χ2v) is 2.02. The lowest BCUT2D eigenvalue weighted by atomic mass is 10.2. The third-order valence-corrected chi connectivity index (χ3v) is 1.26. The van der Waals surface area contributed by atoms with Crippen LogP contribution in [-0.4, -0.2) is 19.6 Å². The monoisotopic (exact) mass is 140 g/mol. The van der Waals surface area contributed by atoms with E-state index in [1.807, 2.05) is 6.92 Å². The summed E-state index contributed by atoms with van der Waals surface area (Å²) in [6.07, 6.45) is 0. The maximum atomic E-state index is 10.8. The van der Waals surface area contributed by atoms with Gasteiger partial charge >= 0.3 is 5.97 Å². The average Bonchev–Trinajstić information content (AvgIpc) is 2.34. The third-order valence-electron chi connectivity index (χ3n) is 1.26. The summed E-state index contributed by atoms with van der Waals surface area (Å²) < 4.78 is 4.45. The van der Waals surface area contributed by atoms with E-state index in [4.69, 9.17) is 0 Å². The van der Waals surface area contributed by atoms with Gasteiger partial charge in [-0.3, -0.25) is 0 Å². The van der Waals surface area contributed by atoms with Gasteiger partial charge in [0.15, 0.2) is 5.70 Å². The maximum Gasteiger partial charge on any atom is 0.358 e. The second kappa shape index (κ2) is 2.60. The molecule has 10 heavy (non-hydrogen) atoms. The van der Waals surface area contributed by atoms with Crippen LogP contribution in [0.25, 0.3) is 0 Å². The zero-order valence-corrected chi connectivity index (χ0v) is 5.92. The lowest BCUT2D eigenvalue weighted by Crippen LogP contribution is -2.02. The predicted molar refractivity (Wildman–Crippen MR) is 34.4 cm³/mol. The van der Waals surface area contributed by atoms with Crippen LogP contribution in [0.2, 0.25) is 0 Å². The number of methoxy groups -OCH3 is 1. The van der Waals surface area contributed by atoms with Crippen molar-refractivity contribution in [2.75, 3.05) is 13.7 Å². The van der Waals surface area contributed by atoms with Gasteiger partial charge in [-0.05, 0) is 12.5 Å². The Morgan fingerprint density at radius 1 is 1.70 bits per heavy atom. The molecule has 0 saturated heterocycles. The lowest BCUT2D eigenvalue weighted by Gasteiger charge is -1.94. The van der Waals surface area contributed by atoms with Crippen LogP contribution in [0, 0.1) is 0 Å². The molecule has 0 atom stereocenters. The Morgan fingerprint density at radius 3 is 2.80 bits per heavy atom. The van der Waals surface area contributed by atoms with Gasteiger partial charge in [-0.15, -0.1) is 5.11 Å². The number of carbonyl (C=O) groups excluding carboxylic acids is 1. The molecule has 1 heterocycles. The van der Waals surface area contributed by atoms with Crippen molar-refractivity contribution in [3.05, 3.63) is 11.3 Å². The number of esters is 1. The van der Waals surface area contributed by atoms with Crippen molar-refractivity contribution >= 4 is 5.97 Å². The molecule has 0 aromatic rings. The molecule has 54 valence electrons. The van der Waals surface area contributed by atoms with E-state index in [1.54, 1.807) is 0 Å². The molecular formula is C6H8N2O2. The molecule has 0 amide bonds. The first-order chi connectivity index (χ1) is 4.75. The first-order valence-electron chi connectivity index (χ1n) is 2.91. The van der Waals surface area contributed by atoms with Crippen molar-refractivity contribution in [3.8, 4) is 0 Å². The summed E-state index contributed by atoms with van der Waals surface area (Å²) in [7, 11) is 1.33. The van der Waals surface area contributed by atoms with Crippen LogP contribution in [0.1, 0.15) is 6.92 Å². The molecular weight excluding hydrogens is 132 g/mol. The van der Waals surface area contributed by atoms with E-state index >= 15 is 0 Å². The van der Waals surface area contributed by atoms with E-state index in [9.17, 15) is 4.79 Å². The minimum absolute atomic E-state index is 0.350. The highest BCUT2D eigenvalue weighted by Gasteiger charge is 2.16. The van der Waals surface area contributed by atoms with E-state index in [2.05, 4.69) is 15.0 Å². The lowest BCUT2D eigenvalue weighted by molar-refractivity contribution is -0.136. The topological polar surface area (TPSA) is 51.0 Å². The van der Waals surface area contributed by atoms with Crippen molar-refractivity contribution in [1.29, 1.82) is 0 Å². The number of nitrogens with zero attached hydrogens (tertiary/aromatic N) is 2. The summed E-state index contributed by atoms with van der Waals surface area (Å²) in [5.41, 5.74) is 1.22. The highest BCUT2D eigenvalue weighted by Crippen LogP contribution is 2.14. The summed E-state index contributed by atoms with van der Waals surface area (Å²) in [5, 5.41) is 7.28. The Bertz CT molecular complexity index is 218. The fraction of sp³-hybridized carbons (Fsp3) is 0.500. The Balaban J connectivity index is 2.80. The highest BCUT2D eigenvalue weighted by atomic mass is 16.5. The van der Waals surface area contributed by atoms with Gasteiger partial charge in [-0.25, -0.2) is 4.79 Å². The van der Waals surface area contributed by atoms with Crippen molar-refractivity contribution in [2.45, 2.75) is 6.92 Å². The molecule has 0 radical (unpaired) electrons. The largest absolute Gasteiger partial charge is 0.464 e. The molecule has 4 nitrogen and oxygen atoms in total. The van der Waals surface area contributed by atoms with Crippen molar-refractivity contribution in [2.24, 2.45) is 10.2 Å². The average molecular weight is 140 g/mol. The molecule has 0 aromatic heterocycles. The van der Waals surface area contributed by atoms with Gasteiger partial charge in [0.1, 0.15) is 0 Å². The molecule has 1 rings (SSSR count). The minimum Gasteiger partial charge on any atom is -0.464 e. The Labute approximate surface area is 58.6 Å². The highest BCUT2D eigenvalue weighted by molar-refractivity contribution is 5.89. The molecule has 0 N–H and O–H groups in total. The van der Waals surface area contributed by atoms with Crippen LogP contribution in [0.3, 0.4) is 0 Å². The van der Waals surface area contributed by atoms with Crippen LogP contribution in [0.5, 0.6) is 0 Å². The molecule has 1 aliphatic heterocycles. The molecule has 0 aromatic carbocycles. The quantitative estimate of drug-likeness (QED) is 0.508. The molecule has 4 heteroatoms. The van der Waals surface area contributed by atoms with Gasteiger partial charge in [0.05, 0.1) is 13.7 Å². The van der Waals surface area contributed by atoms with Crippen molar-refractivity contribution < 1.29 is 9.53 Å². The van der Waals surface area contributed by atoms with Crippen LogP contribution in [-0.2, 0) is 9.53 Å². The van der Waals surface area contributed by atoms with E-state index < -0.39 is 5.97 Å². The predicted octanol–water partition coefficient (Wildman–Crippen LogP) is 0.899. The zero-order valence-electron chi connectivity index (χ0n) is 5.92. The summed E-state index contributed by atoms with van der Waals surface area (Å²) in [4.78, 5) is 10.8. The van der Waals surface area contributed by atoms with E-state index in [0.717, 1.165) is 5.57 Å². The van der Waals surface area contributed by atoms with Crippen LogP contribution < -0.4 is 0 Å². The molecule has 0 unspecified atom stereocenters. The van der Waals surface area contributed by atoms with Crippen LogP contribution in [0.15, 0.2) is 21.5 Å². The van der Waals surface area contributed by atoms with Crippen molar-refractivity contribution in [1.82, 2.24) is 0 Å². The van der Waals surface area contributed by atoms with Gasteiger partial charge < -0.3 is 4.74 Å². The van der Waals surface area contributed by atoms with E-state index in [0.29, 0.717) is 12.2 Å². The zero-order chi connectivity index (χ0) is 7.56. The van der Waals surface area contributed by atoms with Crippen LogP contribution in [0.4, 0.5) is 0 Å². The van der Waals surface area contributed by atoms with Crippen molar-refractivity contribution in [3.63, 3.8) is 0 Å². The minimum atomic E-state index is -0.404. The second-order valence-electron chi connectivity index (χ2n) is 2.02. The third kappa shape index (κ3) is 1.05. The molecule has 0 saturated carbocycles. The van der Waals surface area contributed by atoms with E-state index in [1.165, 1.54) is 7.11 Å². The fourth-order valence-electron chi connectivity index (χ4n) is 0.684. The van der Waals surface area contributed by atoms with Gasteiger partial charge in [0.25, 0.3) is 0 Å². The molecule has 0 bridgehead atoms. The summed E-state index contributed by atoms with van der Waals surface area (Å²) in [5.74, 6) is -0.404. The SMILES string of the molecule is COC(=O)C1=C(C)CN=N1. The summed E-state index contributed by atoms with van der Waals surface area (Å²) >= 11 is 0. The Kier molecular flexibility index (Phi) is 1.80. The normalized spacial score (nSPS) is 16.2.